The fourth-order valence-corrected chi connectivity index (χ4v) is 4.42. The summed E-state index contributed by atoms with van der Waals surface area (Å²) in [5.41, 5.74) is 14.8. The predicted molar refractivity (Wildman–Crippen MR) is 135 cm³/mol. The van der Waals surface area contributed by atoms with Gasteiger partial charge in [-0.05, 0) is 70.1 Å². The van der Waals surface area contributed by atoms with Gasteiger partial charge < -0.3 is 27.6 Å². The first-order chi connectivity index (χ1) is 14.5. The molecule has 6 nitrogen and oxygen atoms in total. The molecule has 0 bridgehead atoms. The standard InChI is InChI=1S/C23H34N4.C2H6N2/c1-6-17-11-18(19(14-24)15-25)8-9-20(17)21(26)10-7-16-12-22(2,3)27-23(4,5)13-16;1-4-2-3/h7-11,14-16,24,26-27H,6,12-13,25H2,1-5H3;2H,1H3,(H2,3,4)/b10-7-,19-15+,24-14?,26-21?;. The van der Waals surface area contributed by atoms with E-state index in [4.69, 9.17) is 22.3 Å². The molecule has 2 rings (SSSR count). The fourth-order valence-electron chi connectivity index (χ4n) is 4.42. The number of allylic oxidation sites excluding steroid dienone is 3. The summed E-state index contributed by atoms with van der Waals surface area (Å²) in [6.07, 6.45) is 11.1. The molecule has 0 spiro atoms. The number of nitrogens with zero attached hydrogens (tertiary/aromatic N) is 1. The topological polar surface area (TPSA) is 124 Å². The van der Waals surface area contributed by atoms with E-state index in [1.165, 1.54) is 18.8 Å². The molecule has 1 aliphatic heterocycles. The summed E-state index contributed by atoms with van der Waals surface area (Å²) in [6, 6.07) is 5.96. The number of hydrogen-bond donors (Lipinski definition) is 5. The predicted octanol–water partition coefficient (Wildman–Crippen LogP) is 4.28. The Morgan fingerprint density at radius 3 is 2.23 bits per heavy atom. The third-order valence-electron chi connectivity index (χ3n) is 5.35. The van der Waals surface area contributed by atoms with Gasteiger partial charge in [0.15, 0.2) is 0 Å². The van der Waals surface area contributed by atoms with Crippen LogP contribution < -0.4 is 16.8 Å². The Morgan fingerprint density at radius 2 is 1.77 bits per heavy atom. The number of aryl methyl sites for hydroxylation is 1. The number of rotatable bonds is 6. The number of nitrogens with two attached hydrogens (primary N) is 2. The summed E-state index contributed by atoms with van der Waals surface area (Å²) in [6.45, 7) is 11.1. The molecule has 1 aromatic rings. The monoisotopic (exact) mass is 424 g/mol. The Labute approximate surface area is 187 Å². The van der Waals surface area contributed by atoms with Crippen molar-refractivity contribution in [3.05, 3.63) is 53.2 Å². The van der Waals surface area contributed by atoms with Crippen LogP contribution in [0.3, 0.4) is 0 Å². The Morgan fingerprint density at radius 1 is 1.19 bits per heavy atom. The number of hydrogen-bond acceptors (Lipinski definition) is 5. The van der Waals surface area contributed by atoms with Crippen molar-refractivity contribution < 1.29 is 0 Å². The Hall–Kier alpha value is -2.73. The lowest BCUT2D eigenvalue weighted by molar-refractivity contribution is 0.150. The van der Waals surface area contributed by atoms with E-state index in [0.717, 1.165) is 36.0 Å². The van der Waals surface area contributed by atoms with Crippen molar-refractivity contribution >= 4 is 23.8 Å². The van der Waals surface area contributed by atoms with E-state index in [1.54, 1.807) is 7.05 Å². The lowest BCUT2D eigenvalue weighted by Crippen LogP contribution is -2.57. The molecule has 7 N–H and O–H groups in total. The molecule has 1 aromatic carbocycles. The van der Waals surface area contributed by atoms with Gasteiger partial charge in [0.2, 0.25) is 0 Å². The van der Waals surface area contributed by atoms with Gasteiger partial charge in [0, 0.05) is 41.7 Å². The average molecular weight is 425 g/mol. The molecular formula is C25H40N6. The van der Waals surface area contributed by atoms with Crippen LogP contribution in [0.2, 0.25) is 0 Å². The highest BCUT2D eigenvalue weighted by Crippen LogP contribution is 2.33. The number of benzene rings is 1. The van der Waals surface area contributed by atoms with Crippen LogP contribution >= 0.6 is 0 Å². The molecule has 6 heteroatoms. The highest BCUT2D eigenvalue weighted by molar-refractivity contribution is 6.10. The maximum Gasteiger partial charge on any atom is 0.0794 e. The SMILES string of the molecule is CCc1cc(/C(C=N)=C/N)ccc1C(=N)/C=C\C1CC(C)(C)NC(C)(C)C1.CN=CN. The van der Waals surface area contributed by atoms with E-state index < -0.39 is 0 Å². The molecule has 170 valence electrons. The summed E-state index contributed by atoms with van der Waals surface area (Å²) < 4.78 is 0. The molecule has 0 saturated carbocycles. The first-order valence-corrected chi connectivity index (χ1v) is 10.8. The van der Waals surface area contributed by atoms with Crippen molar-refractivity contribution in [3.8, 4) is 0 Å². The largest absolute Gasteiger partial charge is 0.404 e. The highest BCUT2D eigenvalue weighted by atomic mass is 15.0. The van der Waals surface area contributed by atoms with E-state index in [0.29, 0.717) is 17.2 Å². The summed E-state index contributed by atoms with van der Waals surface area (Å²) >= 11 is 0. The fraction of sp³-hybridized carbons (Fsp3) is 0.480. The minimum atomic E-state index is 0.104. The Kier molecular flexibility index (Phi) is 9.85. The van der Waals surface area contributed by atoms with Gasteiger partial charge in [0.1, 0.15) is 0 Å². The Bertz CT molecular complexity index is 826. The normalized spacial score (nSPS) is 18.6. The van der Waals surface area contributed by atoms with Gasteiger partial charge in [-0.3, -0.25) is 4.99 Å². The van der Waals surface area contributed by atoms with Crippen LogP contribution in [-0.2, 0) is 6.42 Å². The molecule has 31 heavy (non-hydrogen) atoms. The van der Waals surface area contributed by atoms with Crippen LogP contribution in [0.25, 0.3) is 5.57 Å². The molecular weight excluding hydrogens is 384 g/mol. The molecule has 0 radical (unpaired) electrons. The van der Waals surface area contributed by atoms with Crippen molar-refractivity contribution in [2.24, 2.45) is 22.4 Å². The number of aliphatic imine (C=N–C) groups is 1. The van der Waals surface area contributed by atoms with Crippen LogP contribution in [-0.4, -0.2) is 36.4 Å². The van der Waals surface area contributed by atoms with Gasteiger partial charge in [0.25, 0.3) is 0 Å². The zero-order valence-electron chi connectivity index (χ0n) is 19.9. The van der Waals surface area contributed by atoms with E-state index in [1.807, 2.05) is 24.3 Å². The van der Waals surface area contributed by atoms with E-state index in [9.17, 15) is 0 Å². The summed E-state index contributed by atoms with van der Waals surface area (Å²) in [4.78, 5) is 3.39. The molecule has 1 heterocycles. The van der Waals surface area contributed by atoms with Gasteiger partial charge >= 0.3 is 0 Å². The molecule has 1 saturated heterocycles. The Balaban J connectivity index is 0.00000110. The van der Waals surface area contributed by atoms with Gasteiger partial charge in [-0.25, -0.2) is 0 Å². The molecule has 0 unspecified atom stereocenters. The lowest BCUT2D eigenvalue weighted by Gasteiger charge is -2.45. The minimum Gasteiger partial charge on any atom is -0.404 e. The van der Waals surface area contributed by atoms with Crippen molar-refractivity contribution in [3.63, 3.8) is 0 Å². The first kappa shape index (κ1) is 26.3. The van der Waals surface area contributed by atoms with Gasteiger partial charge in [-0.1, -0.05) is 31.2 Å². The van der Waals surface area contributed by atoms with E-state index in [-0.39, 0.29) is 11.1 Å². The lowest BCUT2D eigenvalue weighted by atomic mass is 9.75. The minimum absolute atomic E-state index is 0.104. The van der Waals surface area contributed by atoms with Crippen molar-refractivity contribution in [2.75, 3.05) is 7.05 Å². The smallest absolute Gasteiger partial charge is 0.0794 e. The molecule has 0 aromatic heterocycles. The average Bonchev–Trinajstić information content (AvgIpc) is 2.70. The first-order valence-electron chi connectivity index (χ1n) is 10.8. The van der Waals surface area contributed by atoms with Crippen molar-refractivity contribution in [1.82, 2.24) is 5.32 Å². The summed E-state index contributed by atoms with van der Waals surface area (Å²) in [5, 5.41) is 19.8. The maximum absolute atomic E-state index is 8.57. The van der Waals surface area contributed by atoms with Crippen LogP contribution in [0.15, 0.2) is 41.5 Å². The van der Waals surface area contributed by atoms with Crippen LogP contribution in [0.4, 0.5) is 0 Å². The van der Waals surface area contributed by atoms with Crippen molar-refractivity contribution in [2.45, 2.75) is 65.0 Å². The number of nitrogens with one attached hydrogen (secondary N) is 3. The van der Waals surface area contributed by atoms with Gasteiger partial charge in [0.05, 0.1) is 12.1 Å². The van der Waals surface area contributed by atoms with Crippen LogP contribution in [0.1, 0.15) is 64.2 Å². The molecule has 0 aliphatic carbocycles. The second-order valence-corrected chi connectivity index (χ2v) is 9.23. The third kappa shape index (κ3) is 8.13. The zero-order valence-corrected chi connectivity index (χ0v) is 19.9. The van der Waals surface area contributed by atoms with Crippen LogP contribution in [0.5, 0.6) is 0 Å². The molecule has 0 amide bonds. The van der Waals surface area contributed by atoms with Crippen LogP contribution in [0, 0.1) is 16.7 Å². The maximum atomic E-state index is 8.57. The third-order valence-corrected chi connectivity index (χ3v) is 5.35. The van der Waals surface area contributed by atoms with E-state index >= 15 is 0 Å². The highest BCUT2D eigenvalue weighted by Gasteiger charge is 2.36. The summed E-state index contributed by atoms with van der Waals surface area (Å²) in [7, 11) is 1.62. The molecule has 0 atom stereocenters. The summed E-state index contributed by atoms with van der Waals surface area (Å²) in [5.74, 6) is 0.464. The van der Waals surface area contributed by atoms with Crippen molar-refractivity contribution in [1.29, 1.82) is 10.8 Å². The van der Waals surface area contributed by atoms with Gasteiger partial charge in [-0.2, -0.15) is 0 Å². The van der Waals surface area contributed by atoms with E-state index in [2.05, 4.69) is 51.0 Å². The molecule has 1 fully saturated rings. The van der Waals surface area contributed by atoms with Gasteiger partial charge in [-0.15, -0.1) is 0 Å². The molecule has 1 aliphatic rings. The quantitative estimate of drug-likeness (QED) is 0.346. The second kappa shape index (κ2) is 11.6. The zero-order chi connectivity index (χ0) is 23.7. The second-order valence-electron chi connectivity index (χ2n) is 9.23. The number of piperidine rings is 1.